The number of benzene rings is 2. The summed E-state index contributed by atoms with van der Waals surface area (Å²) < 4.78 is 57.9. The molecule has 146 valence electrons. The number of amides is 1. The molecule has 2 aromatic carbocycles. The van der Waals surface area contributed by atoms with E-state index in [4.69, 9.17) is 15.3 Å². The Morgan fingerprint density at radius 2 is 2.07 bits per heavy atom. The Morgan fingerprint density at radius 3 is 2.75 bits per heavy atom. The number of anilines is 2. The van der Waals surface area contributed by atoms with Gasteiger partial charge >= 0.3 is 0 Å². The highest BCUT2D eigenvalue weighted by Crippen LogP contribution is 2.20. The Morgan fingerprint density at radius 1 is 1.32 bits per heavy atom. The molecular formula is C22H25N3O2S. The third-order valence-corrected chi connectivity index (χ3v) is 4.52. The number of hydrogen-bond acceptors (Lipinski definition) is 5. The fourth-order valence-electron chi connectivity index (χ4n) is 2.44. The number of aliphatic hydroxyl groups is 1. The molecule has 0 bridgehead atoms. The van der Waals surface area contributed by atoms with Gasteiger partial charge in [0.2, 0.25) is 5.91 Å². The van der Waals surface area contributed by atoms with Gasteiger partial charge in [0.15, 0.2) is 5.13 Å². The van der Waals surface area contributed by atoms with Crippen LogP contribution in [0.4, 0.5) is 10.8 Å². The molecule has 1 amide bonds. The Labute approximate surface area is 179 Å². The zero-order valence-corrected chi connectivity index (χ0v) is 15.9. The molecule has 5 nitrogen and oxygen atoms in total. The molecule has 3 rings (SSSR count). The summed E-state index contributed by atoms with van der Waals surface area (Å²) in [6.07, 6.45) is -5.14. The molecule has 28 heavy (non-hydrogen) atoms. The molecule has 0 saturated heterocycles. The van der Waals surface area contributed by atoms with Gasteiger partial charge in [-0.2, -0.15) is 0 Å². The number of rotatable bonds is 9. The summed E-state index contributed by atoms with van der Waals surface area (Å²) in [5.41, 5.74) is 5.83. The summed E-state index contributed by atoms with van der Waals surface area (Å²) in [5, 5.41) is 14.7. The van der Waals surface area contributed by atoms with E-state index in [1.54, 1.807) is 35.7 Å². The molecule has 1 atom stereocenters. The van der Waals surface area contributed by atoms with E-state index < -0.39 is 49.0 Å². The van der Waals surface area contributed by atoms with Crippen LogP contribution < -0.4 is 11.1 Å². The third kappa shape index (κ3) is 6.18. The Hall–Kier alpha value is -2.70. The molecule has 6 heteroatoms. The van der Waals surface area contributed by atoms with Crippen LogP contribution in [0.2, 0.25) is 0 Å². The molecule has 0 aliphatic carbocycles. The molecule has 1 aromatic heterocycles. The summed E-state index contributed by atoms with van der Waals surface area (Å²) in [6.45, 7) is 0. The molecule has 3 aromatic rings. The van der Waals surface area contributed by atoms with E-state index >= 15 is 0 Å². The summed E-state index contributed by atoms with van der Waals surface area (Å²) in [6, 6.07) is 6.29. The standard InChI is InChI=1S/C22H25N3O2S/c23-22-25-19(15-28-22)14-21(27)24-18-12-10-16(11-13-18)6-4-5-9-20(26)17-7-2-1-3-8-17/h1-3,7-8,10-13,15,20,26H,4-6,9,14H2,(H2,23,25)(H,24,27)/t20-/m0/s1/i4D2,10D,11D,12D,13D,20D. The Bertz CT molecular complexity index is 1190. The van der Waals surface area contributed by atoms with Gasteiger partial charge < -0.3 is 16.2 Å². The number of nitrogens with one attached hydrogen (secondary N) is 1. The van der Waals surface area contributed by atoms with Crippen molar-refractivity contribution in [1.29, 1.82) is 0 Å². The first-order valence-corrected chi connectivity index (χ1v) is 9.55. The zero-order valence-electron chi connectivity index (χ0n) is 22.1. The number of carbonyl (C=O) groups is 1. The second-order valence-corrected chi connectivity index (χ2v) is 6.88. The number of nitrogen functional groups attached to an aromatic ring is 1. The number of aromatic nitrogens is 1. The predicted octanol–water partition coefficient (Wildman–Crippen LogP) is 4.35. The molecule has 0 aliphatic heterocycles. The van der Waals surface area contributed by atoms with Crippen molar-refractivity contribution in [2.45, 2.75) is 38.1 Å². The monoisotopic (exact) mass is 402 g/mol. The predicted molar refractivity (Wildman–Crippen MR) is 114 cm³/mol. The van der Waals surface area contributed by atoms with Gasteiger partial charge in [-0.25, -0.2) is 4.98 Å². The van der Waals surface area contributed by atoms with Crippen LogP contribution in [-0.4, -0.2) is 16.0 Å². The summed E-state index contributed by atoms with van der Waals surface area (Å²) in [5.74, 6) is -0.588. The fourth-order valence-corrected chi connectivity index (χ4v) is 3.00. The lowest BCUT2D eigenvalue weighted by molar-refractivity contribution is -0.115. The second-order valence-electron chi connectivity index (χ2n) is 6.00. The van der Waals surface area contributed by atoms with Gasteiger partial charge in [-0.05, 0) is 42.4 Å². The third-order valence-electron chi connectivity index (χ3n) is 3.80. The van der Waals surface area contributed by atoms with E-state index in [-0.39, 0.29) is 30.5 Å². The van der Waals surface area contributed by atoms with Crippen molar-refractivity contribution in [2.75, 3.05) is 11.1 Å². The fraction of sp³-hybridized carbons (Fsp3) is 0.273. The molecule has 4 N–H and O–H groups in total. The van der Waals surface area contributed by atoms with Crippen LogP contribution >= 0.6 is 11.3 Å². The molecule has 0 aliphatic rings. The van der Waals surface area contributed by atoms with Crippen molar-refractivity contribution in [3.05, 3.63) is 76.7 Å². The largest absolute Gasteiger partial charge is 0.388 e. The highest BCUT2D eigenvalue weighted by Gasteiger charge is 2.08. The number of thiazole rings is 1. The molecule has 0 spiro atoms. The van der Waals surface area contributed by atoms with Crippen molar-refractivity contribution in [3.8, 4) is 0 Å². The summed E-state index contributed by atoms with van der Waals surface area (Å²) in [7, 11) is 0. The van der Waals surface area contributed by atoms with Crippen LogP contribution in [-0.2, 0) is 17.6 Å². The van der Waals surface area contributed by atoms with Crippen LogP contribution in [0, 0.1) is 0 Å². The van der Waals surface area contributed by atoms with Crippen LogP contribution in [0.25, 0.3) is 0 Å². The van der Waals surface area contributed by atoms with Crippen molar-refractivity contribution in [2.24, 2.45) is 0 Å². The highest BCUT2D eigenvalue weighted by molar-refractivity contribution is 7.13. The number of hydrogen-bond donors (Lipinski definition) is 3. The molecule has 1 heterocycles. The van der Waals surface area contributed by atoms with Crippen LogP contribution in [0.15, 0.2) is 59.9 Å². The van der Waals surface area contributed by atoms with E-state index in [0.717, 1.165) is 11.3 Å². The van der Waals surface area contributed by atoms with E-state index in [0.29, 0.717) is 16.4 Å². The van der Waals surface area contributed by atoms with Crippen molar-refractivity contribution < 1.29 is 19.5 Å². The van der Waals surface area contributed by atoms with Gasteiger partial charge in [-0.15, -0.1) is 11.3 Å². The quantitative estimate of drug-likeness (QED) is 0.496. The van der Waals surface area contributed by atoms with Crippen molar-refractivity contribution >= 4 is 28.1 Å². The molecule has 0 radical (unpaired) electrons. The maximum Gasteiger partial charge on any atom is 0.230 e. The number of carbonyl (C=O) groups excluding carboxylic acids is 1. The van der Waals surface area contributed by atoms with Gasteiger partial charge in [-0.3, -0.25) is 4.79 Å². The van der Waals surface area contributed by atoms with Crippen LogP contribution in [0.1, 0.15) is 51.7 Å². The van der Waals surface area contributed by atoms with Crippen molar-refractivity contribution in [1.82, 2.24) is 4.98 Å². The average molecular weight is 403 g/mol. The molecule has 0 saturated carbocycles. The lowest BCUT2D eigenvalue weighted by Gasteiger charge is -2.10. The minimum atomic E-state index is -2.02. The summed E-state index contributed by atoms with van der Waals surface area (Å²) >= 11 is 1.16. The van der Waals surface area contributed by atoms with Crippen molar-refractivity contribution in [3.63, 3.8) is 0 Å². The van der Waals surface area contributed by atoms with Gasteiger partial charge in [0.25, 0.3) is 0 Å². The first kappa shape index (κ1) is 12.7. The minimum absolute atomic E-state index is 0.150. The summed E-state index contributed by atoms with van der Waals surface area (Å²) in [4.78, 5) is 16.3. The zero-order chi connectivity index (χ0) is 26.0. The highest BCUT2D eigenvalue weighted by atomic mass is 32.1. The average Bonchev–Trinajstić information content (AvgIpc) is 3.22. The first-order chi connectivity index (χ1) is 16.3. The van der Waals surface area contributed by atoms with Crippen LogP contribution in [0.3, 0.4) is 0 Å². The van der Waals surface area contributed by atoms with E-state index in [2.05, 4.69) is 10.3 Å². The lowest BCUT2D eigenvalue weighted by atomic mass is 10.0. The molecule has 0 fully saturated rings. The van der Waals surface area contributed by atoms with Gasteiger partial charge in [-0.1, -0.05) is 48.8 Å². The number of nitrogens with zero attached hydrogens (tertiary/aromatic N) is 1. The van der Waals surface area contributed by atoms with E-state index in [1.807, 2.05) is 0 Å². The topological polar surface area (TPSA) is 88.2 Å². The second kappa shape index (κ2) is 10.0. The normalized spacial score (nSPS) is 17.1. The van der Waals surface area contributed by atoms with Gasteiger partial charge in [0, 0.05) is 13.8 Å². The molecule has 0 unspecified atom stereocenters. The van der Waals surface area contributed by atoms with E-state index in [1.165, 1.54) is 0 Å². The maximum absolute atomic E-state index is 12.4. The lowest BCUT2D eigenvalue weighted by Crippen LogP contribution is -2.14. The Balaban J connectivity index is 1.76. The SMILES string of the molecule is [2H]c1c([2H])c(NC(=O)Cc2csc(N)n2)c([2H])c([2H])c1CC([2H])([2H])CC[C@]([2H])(O)c1ccccc1. The maximum atomic E-state index is 12.4. The Kier molecular flexibility index (Phi) is 4.54. The minimum Gasteiger partial charge on any atom is -0.388 e. The first-order valence-electron chi connectivity index (χ1n) is 12.2. The smallest absolute Gasteiger partial charge is 0.230 e. The van der Waals surface area contributed by atoms with Gasteiger partial charge in [0.1, 0.15) is 0 Å². The number of nitrogens with two attached hydrogens (primary N) is 1. The molecular weight excluding hydrogens is 370 g/mol. The van der Waals surface area contributed by atoms with Crippen LogP contribution in [0.5, 0.6) is 0 Å². The van der Waals surface area contributed by atoms with E-state index in [9.17, 15) is 9.90 Å². The van der Waals surface area contributed by atoms with Gasteiger partial charge in [0.05, 0.1) is 25.0 Å².